The van der Waals surface area contributed by atoms with Gasteiger partial charge in [-0.2, -0.15) is 5.10 Å². The van der Waals surface area contributed by atoms with Gasteiger partial charge in [-0.05, 0) is 38.3 Å². The number of aromatic nitrogens is 4. The van der Waals surface area contributed by atoms with Crippen molar-refractivity contribution < 1.29 is 0 Å². The molecular weight excluding hydrogens is 238 g/mol. The molecule has 2 rings (SSSR count). The first-order valence-electron chi connectivity index (χ1n) is 6.77. The van der Waals surface area contributed by atoms with Gasteiger partial charge in [0.25, 0.3) is 0 Å². The summed E-state index contributed by atoms with van der Waals surface area (Å²) in [7, 11) is 0. The van der Waals surface area contributed by atoms with Crippen LogP contribution < -0.4 is 5.32 Å². The highest BCUT2D eigenvalue weighted by atomic mass is 15.3. The van der Waals surface area contributed by atoms with Crippen molar-refractivity contribution in [3.63, 3.8) is 0 Å². The third kappa shape index (κ3) is 2.75. The molecule has 0 aliphatic carbocycles. The fraction of sp³-hybridized carbons (Fsp3) is 0.500. The molecule has 0 fully saturated rings. The number of anilines is 1. The van der Waals surface area contributed by atoms with Crippen LogP contribution in [0.2, 0.25) is 0 Å². The second kappa shape index (κ2) is 5.82. The average molecular weight is 259 g/mol. The van der Waals surface area contributed by atoms with Crippen LogP contribution in [0, 0.1) is 13.8 Å². The van der Waals surface area contributed by atoms with Gasteiger partial charge < -0.3 is 5.32 Å². The quantitative estimate of drug-likeness (QED) is 0.897. The molecule has 102 valence electrons. The average Bonchev–Trinajstić information content (AvgIpc) is 2.89. The zero-order valence-electron chi connectivity index (χ0n) is 12.1. The van der Waals surface area contributed by atoms with Crippen molar-refractivity contribution in [2.45, 2.75) is 40.7 Å². The second-order valence-electron chi connectivity index (χ2n) is 4.66. The Hall–Kier alpha value is -1.91. The smallest absolute Gasteiger partial charge is 0.151 e. The Morgan fingerprint density at radius 2 is 1.95 bits per heavy atom. The fourth-order valence-electron chi connectivity index (χ4n) is 1.95. The minimum Gasteiger partial charge on any atom is -0.368 e. The van der Waals surface area contributed by atoms with Crippen LogP contribution in [0.5, 0.6) is 0 Å². The summed E-state index contributed by atoms with van der Waals surface area (Å²) in [5.41, 5.74) is 4.25. The molecular formula is C14H21N5. The Morgan fingerprint density at radius 1 is 1.16 bits per heavy atom. The van der Waals surface area contributed by atoms with E-state index >= 15 is 0 Å². The molecule has 2 aromatic rings. The normalized spacial score (nSPS) is 10.7. The van der Waals surface area contributed by atoms with Crippen molar-refractivity contribution in [3.8, 4) is 11.3 Å². The first kappa shape index (κ1) is 13.5. The van der Waals surface area contributed by atoms with E-state index in [9.17, 15) is 0 Å². The van der Waals surface area contributed by atoms with Crippen LogP contribution in [0.4, 0.5) is 5.82 Å². The molecule has 0 saturated heterocycles. The summed E-state index contributed by atoms with van der Waals surface area (Å²) < 4.78 is 1.90. The lowest BCUT2D eigenvalue weighted by atomic mass is 10.1. The molecule has 0 spiro atoms. The number of rotatable bonds is 5. The van der Waals surface area contributed by atoms with Crippen LogP contribution in [-0.2, 0) is 6.54 Å². The van der Waals surface area contributed by atoms with Gasteiger partial charge in [-0.3, -0.25) is 4.68 Å². The Kier molecular flexibility index (Phi) is 4.14. The Balaban J connectivity index is 2.34. The molecule has 0 unspecified atom stereocenters. The van der Waals surface area contributed by atoms with Gasteiger partial charge in [0, 0.05) is 24.8 Å². The molecule has 0 saturated carbocycles. The largest absolute Gasteiger partial charge is 0.368 e. The zero-order valence-corrected chi connectivity index (χ0v) is 12.1. The SMILES string of the molecule is CCCNc1nnc(-c2cnn(CC)c2)c(C)c1C. The first-order chi connectivity index (χ1) is 9.17. The summed E-state index contributed by atoms with van der Waals surface area (Å²) in [5, 5.41) is 16.2. The van der Waals surface area contributed by atoms with Crippen LogP contribution in [0.3, 0.4) is 0 Å². The molecule has 0 bridgehead atoms. The Morgan fingerprint density at radius 3 is 2.58 bits per heavy atom. The minimum absolute atomic E-state index is 0.863. The fourth-order valence-corrected chi connectivity index (χ4v) is 1.95. The lowest BCUT2D eigenvalue weighted by Crippen LogP contribution is -2.07. The third-order valence-corrected chi connectivity index (χ3v) is 3.30. The third-order valence-electron chi connectivity index (χ3n) is 3.30. The summed E-state index contributed by atoms with van der Waals surface area (Å²) >= 11 is 0. The maximum atomic E-state index is 4.34. The van der Waals surface area contributed by atoms with Gasteiger partial charge in [0.2, 0.25) is 0 Å². The zero-order chi connectivity index (χ0) is 13.8. The maximum Gasteiger partial charge on any atom is 0.151 e. The molecule has 0 aliphatic heterocycles. The van der Waals surface area contributed by atoms with E-state index in [4.69, 9.17) is 0 Å². The topological polar surface area (TPSA) is 55.6 Å². The van der Waals surface area contributed by atoms with Gasteiger partial charge in [-0.25, -0.2) is 0 Å². The van der Waals surface area contributed by atoms with E-state index in [-0.39, 0.29) is 0 Å². The van der Waals surface area contributed by atoms with Crippen LogP contribution >= 0.6 is 0 Å². The van der Waals surface area contributed by atoms with Crippen molar-refractivity contribution in [2.75, 3.05) is 11.9 Å². The van der Waals surface area contributed by atoms with Gasteiger partial charge in [-0.15, -0.1) is 10.2 Å². The van der Waals surface area contributed by atoms with Crippen LogP contribution in [0.25, 0.3) is 11.3 Å². The molecule has 5 heteroatoms. The summed E-state index contributed by atoms with van der Waals surface area (Å²) in [6.07, 6.45) is 4.93. The van der Waals surface area contributed by atoms with E-state index in [1.165, 1.54) is 0 Å². The molecule has 5 nitrogen and oxygen atoms in total. The van der Waals surface area contributed by atoms with Crippen LogP contribution in [-0.4, -0.2) is 26.5 Å². The highest BCUT2D eigenvalue weighted by Crippen LogP contribution is 2.25. The first-order valence-corrected chi connectivity index (χ1v) is 6.77. The monoisotopic (exact) mass is 259 g/mol. The summed E-state index contributed by atoms with van der Waals surface area (Å²) in [4.78, 5) is 0. The Bertz CT molecular complexity index is 559. The number of aryl methyl sites for hydroxylation is 1. The number of nitrogens with zero attached hydrogens (tertiary/aromatic N) is 4. The molecule has 0 amide bonds. The van der Waals surface area contributed by atoms with Gasteiger partial charge in [0.1, 0.15) is 0 Å². The highest BCUT2D eigenvalue weighted by molar-refractivity contribution is 5.65. The molecule has 1 N–H and O–H groups in total. The molecule has 19 heavy (non-hydrogen) atoms. The maximum absolute atomic E-state index is 4.34. The van der Waals surface area contributed by atoms with Crippen molar-refractivity contribution in [1.82, 2.24) is 20.0 Å². The number of hydrogen-bond acceptors (Lipinski definition) is 4. The van der Waals surface area contributed by atoms with Crippen molar-refractivity contribution in [1.29, 1.82) is 0 Å². The molecule has 0 aliphatic rings. The van der Waals surface area contributed by atoms with Gasteiger partial charge in [-0.1, -0.05) is 6.92 Å². The van der Waals surface area contributed by atoms with Crippen molar-refractivity contribution >= 4 is 5.82 Å². The highest BCUT2D eigenvalue weighted by Gasteiger charge is 2.12. The van der Waals surface area contributed by atoms with Crippen molar-refractivity contribution in [2.24, 2.45) is 0 Å². The van der Waals surface area contributed by atoms with Crippen LogP contribution in [0.15, 0.2) is 12.4 Å². The van der Waals surface area contributed by atoms with Crippen LogP contribution in [0.1, 0.15) is 31.4 Å². The van der Waals surface area contributed by atoms with Gasteiger partial charge in [0.15, 0.2) is 5.82 Å². The van der Waals surface area contributed by atoms with Gasteiger partial charge >= 0.3 is 0 Å². The standard InChI is InChI=1S/C14H21N5/c1-5-7-15-14-11(4)10(3)13(17-18-14)12-8-16-19(6-2)9-12/h8-9H,5-7H2,1-4H3,(H,15,18). The molecule has 0 aromatic carbocycles. The molecule has 2 aromatic heterocycles. The van der Waals surface area contributed by atoms with Crippen molar-refractivity contribution in [3.05, 3.63) is 23.5 Å². The predicted octanol–water partition coefficient (Wildman–Crippen LogP) is 2.80. The Labute approximate surface area is 114 Å². The molecule has 0 radical (unpaired) electrons. The van der Waals surface area contributed by atoms with E-state index < -0.39 is 0 Å². The van der Waals surface area contributed by atoms with E-state index in [2.05, 4.69) is 48.3 Å². The van der Waals surface area contributed by atoms with E-state index in [0.29, 0.717) is 0 Å². The molecule has 2 heterocycles. The summed E-state index contributed by atoms with van der Waals surface area (Å²) in [6, 6.07) is 0. The van der Waals surface area contributed by atoms with E-state index in [1.807, 2.05) is 17.1 Å². The van der Waals surface area contributed by atoms with E-state index in [1.54, 1.807) is 0 Å². The van der Waals surface area contributed by atoms with E-state index in [0.717, 1.165) is 47.7 Å². The summed E-state index contributed by atoms with van der Waals surface area (Å²) in [5.74, 6) is 0.881. The van der Waals surface area contributed by atoms with Gasteiger partial charge in [0.05, 0.1) is 11.9 Å². The molecule has 0 atom stereocenters. The predicted molar refractivity (Wildman–Crippen MR) is 77.2 cm³/mol. The number of nitrogens with one attached hydrogen (secondary N) is 1. The second-order valence-corrected chi connectivity index (χ2v) is 4.66. The summed E-state index contributed by atoms with van der Waals surface area (Å²) in [6.45, 7) is 10.1. The minimum atomic E-state index is 0.863. The number of hydrogen-bond donors (Lipinski definition) is 1. The lowest BCUT2D eigenvalue weighted by Gasteiger charge is -2.11. The lowest BCUT2D eigenvalue weighted by molar-refractivity contribution is 0.660.